The first-order valence-electron chi connectivity index (χ1n) is 4.16. The molecule has 0 amide bonds. The van der Waals surface area contributed by atoms with Gasteiger partial charge in [-0.3, -0.25) is 0 Å². The molecule has 1 aliphatic carbocycles. The number of allylic oxidation sites excluding steroid dienone is 1. The number of rotatable bonds is 0. The second-order valence-corrected chi connectivity index (χ2v) is 2.97. The van der Waals surface area contributed by atoms with Crippen molar-refractivity contribution in [2.24, 2.45) is 0 Å². The van der Waals surface area contributed by atoms with Gasteiger partial charge in [0, 0.05) is 5.57 Å². The SMILES string of the molecule is O=C=C1CCCCCCC1. The van der Waals surface area contributed by atoms with Crippen LogP contribution in [0, 0.1) is 0 Å². The molecule has 1 heteroatoms. The Balaban J connectivity index is 2.37. The average molecular weight is 138 g/mol. The Morgan fingerprint density at radius 1 is 0.900 bits per heavy atom. The van der Waals surface area contributed by atoms with Crippen LogP contribution in [0.2, 0.25) is 0 Å². The third-order valence-electron chi connectivity index (χ3n) is 2.10. The average Bonchev–Trinajstić information content (AvgIpc) is 1.87. The van der Waals surface area contributed by atoms with Crippen LogP contribution in [0.3, 0.4) is 0 Å². The molecule has 1 aliphatic rings. The van der Waals surface area contributed by atoms with Gasteiger partial charge >= 0.3 is 0 Å². The van der Waals surface area contributed by atoms with Crippen molar-refractivity contribution in [1.82, 2.24) is 0 Å². The highest BCUT2D eigenvalue weighted by atomic mass is 16.1. The van der Waals surface area contributed by atoms with E-state index < -0.39 is 0 Å². The Labute approximate surface area is 62.1 Å². The zero-order valence-electron chi connectivity index (χ0n) is 6.36. The lowest BCUT2D eigenvalue weighted by molar-refractivity contribution is 0.547. The first kappa shape index (κ1) is 7.56. The third-order valence-corrected chi connectivity index (χ3v) is 2.10. The Hall–Kier alpha value is -0.550. The monoisotopic (exact) mass is 138 g/mol. The molecule has 0 saturated heterocycles. The fraction of sp³-hybridized carbons (Fsp3) is 0.778. The van der Waals surface area contributed by atoms with Gasteiger partial charge in [0.15, 0.2) is 0 Å². The first-order valence-corrected chi connectivity index (χ1v) is 4.16. The quantitative estimate of drug-likeness (QED) is 0.470. The van der Waals surface area contributed by atoms with Crippen LogP contribution in [-0.2, 0) is 4.79 Å². The van der Waals surface area contributed by atoms with Gasteiger partial charge in [-0.1, -0.05) is 19.3 Å². The number of hydrogen-bond donors (Lipinski definition) is 0. The molecule has 0 aromatic carbocycles. The van der Waals surface area contributed by atoms with Gasteiger partial charge in [0.1, 0.15) is 5.94 Å². The summed E-state index contributed by atoms with van der Waals surface area (Å²) in [5, 5.41) is 0. The van der Waals surface area contributed by atoms with Crippen LogP contribution < -0.4 is 0 Å². The standard InChI is InChI=1S/C9H14O/c10-8-9-6-4-2-1-3-5-7-9/h1-7H2. The maximum Gasteiger partial charge on any atom is 0.123 e. The Morgan fingerprint density at radius 3 is 1.90 bits per heavy atom. The molecule has 0 aromatic heterocycles. The molecular weight excluding hydrogens is 124 g/mol. The van der Waals surface area contributed by atoms with Crippen molar-refractivity contribution in [3.05, 3.63) is 5.57 Å². The van der Waals surface area contributed by atoms with E-state index in [2.05, 4.69) is 0 Å². The summed E-state index contributed by atoms with van der Waals surface area (Å²) in [6.07, 6.45) is 8.35. The summed E-state index contributed by atoms with van der Waals surface area (Å²) in [6, 6.07) is 0. The molecule has 0 unspecified atom stereocenters. The molecule has 0 spiro atoms. The van der Waals surface area contributed by atoms with Crippen LogP contribution in [0.5, 0.6) is 0 Å². The first-order chi connectivity index (χ1) is 4.93. The highest BCUT2D eigenvalue weighted by Gasteiger charge is 2.02. The molecule has 1 saturated carbocycles. The van der Waals surface area contributed by atoms with Crippen molar-refractivity contribution >= 4 is 5.94 Å². The van der Waals surface area contributed by atoms with Gasteiger partial charge in [-0.15, -0.1) is 0 Å². The minimum absolute atomic E-state index is 1.00. The van der Waals surface area contributed by atoms with Gasteiger partial charge in [0.2, 0.25) is 0 Å². The molecule has 56 valence electrons. The minimum Gasteiger partial charge on any atom is -0.234 e. The van der Waals surface area contributed by atoms with E-state index in [-0.39, 0.29) is 0 Å². The topological polar surface area (TPSA) is 17.1 Å². The summed E-state index contributed by atoms with van der Waals surface area (Å²) in [5.74, 6) is 2.04. The van der Waals surface area contributed by atoms with Gasteiger partial charge in [0.05, 0.1) is 0 Å². The summed E-state index contributed by atoms with van der Waals surface area (Å²) >= 11 is 0. The molecular formula is C9H14O. The van der Waals surface area contributed by atoms with Gasteiger partial charge in [-0.05, 0) is 25.7 Å². The maximum absolute atomic E-state index is 10.3. The van der Waals surface area contributed by atoms with E-state index in [9.17, 15) is 4.79 Å². The molecule has 1 rings (SSSR count). The largest absolute Gasteiger partial charge is 0.234 e. The molecule has 10 heavy (non-hydrogen) atoms. The van der Waals surface area contributed by atoms with Crippen LogP contribution in [0.4, 0.5) is 0 Å². The zero-order valence-corrected chi connectivity index (χ0v) is 6.36. The lowest BCUT2D eigenvalue weighted by Gasteiger charge is -2.07. The van der Waals surface area contributed by atoms with Crippen LogP contribution in [-0.4, -0.2) is 5.94 Å². The maximum atomic E-state index is 10.3. The van der Waals surface area contributed by atoms with E-state index in [0.717, 1.165) is 18.4 Å². The Morgan fingerprint density at radius 2 is 1.40 bits per heavy atom. The Kier molecular flexibility index (Phi) is 3.25. The van der Waals surface area contributed by atoms with Crippen molar-refractivity contribution in [2.75, 3.05) is 0 Å². The van der Waals surface area contributed by atoms with Gasteiger partial charge in [-0.2, -0.15) is 0 Å². The lowest BCUT2D eigenvalue weighted by Crippen LogP contribution is -1.91. The third kappa shape index (κ3) is 2.36. The summed E-state index contributed by atoms with van der Waals surface area (Å²) in [6.45, 7) is 0. The van der Waals surface area contributed by atoms with Gasteiger partial charge in [-0.25, -0.2) is 4.79 Å². The van der Waals surface area contributed by atoms with Gasteiger partial charge < -0.3 is 0 Å². The van der Waals surface area contributed by atoms with Crippen LogP contribution in [0.25, 0.3) is 0 Å². The molecule has 1 fully saturated rings. The number of carbonyl (C=O) groups excluding carboxylic acids is 1. The van der Waals surface area contributed by atoms with Crippen molar-refractivity contribution in [1.29, 1.82) is 0 Å². The van der Waals surface area contributed by atoms with E-state index in [1.54, 1.807) is 0 Å². The summed E-state index contributed by atoms with van der Waals surface area (Å²) in [4.78, 5) is 10.3. The van der Waals surface area contributed by atoms with E-state index in [1.807, 2.05) is 5.94 Å². The smallest absolute Gasteiger partial charge is 0.123 e. The molecule has 0 N–H and O–H groups in total. The highest BCUT2D eigenvalue weighted by molar-refractivity contribution is 5.52. The predicted molar refractivity (Wildman–Crippen MR) is 41.5 cm³/mol. The van der Waals surface area contributed by atoms with E-state index >= 15 is 0 Å². The van der Waals surface area contributed by atoms with Crippen LogP contribution >= 0.6 is 0 Å². The van der Waals surface area contributed by atoms with E-state index in [1.165, 1.54) is 32.1 Å². The number of hydrogen-bond acceptors (Lipinski definition) is 1. The fourth-order valence-electron chi connectivity index (χ4n) is 1.43. The summed E-state index contributed by atoms with van der Waals surface area (Å²) in [5.41, 5.74) is 1.01. The minimum atomic E-state index is 1.00. The van der Waals surface area contributed by atoms with Crippen molar-refractivity contribution in [3.63, 3.8) is 0 Å². The van der Waals surface area contributed by atoms with Crippen molar-refractivity contribution in [3.8, 4) is 0 Å². The normalized spacial score (nSPS) is 21.0. The van der Waals surface area contributed by atoms with Crippen molar-refractivity contribution < 1.29 is 4.79 Å². The van der Waals surface area contributed by atoms with Gasteiger partial charge in [0.25, 0.3) is 0 Å². The molecule has 0 atom stereocenters. The molecule has 0 aromatic rings. The Bertz CT molecular complexity index is 133. The van der Waals surface area contributed by atoms with Crippen LogP contribution in [0.1, 0.15) is 44.9 Å². The molecule has 0 radical (unpaired) electrons. The summed E-state index contributed by atoms with van der Waals surface area (Å²) < 4.78 is 0. The predicted octanol–water partition coefficient (Wildman–Crippen LogP) is 2.49. The molecule has 0 bridgehead atoms. The molecule has 0 aliphatic heterocycles. The lowest BCUT2D eigenvalue weighted by atomic mass is 9.97. The highest BCUT2D eigenvalue weighted by Crippen LogP contribution is 2.18. The molecule has 0 heterocycles. The zero-order chi connectivity index (χ0) is 7.23. The second-order valence-electron chi connectivity index (χ2n) is 2.97. The van der Waals surface area contributed by atoms with Crippen LogP contribution in [0.15, 0.2) is 5.57 Å². The molecule has 1 nitrogen and oxygen atoms in total. The van der Waals surface area contributed by atoms with Crippen molar-refractivity contribution in [2.45, 2.75) is 44.9 Å². The second kappa shape index (κ2) is 4.29. The fourth-order valence-corrected chi connectivity index (χ4v) is 1.43. The van der Waals surface area contributed by atoms with E-state index in [0.29, 0.717) is 0 Å². The summed E-state index contributed by atoms with van der Waals surface area (Å²) in [7, 11) is 0. The van der Waals surface area contributed by atoms with E-state index in [4.69, 9.17) is 0 Å².